The van der Waals surface area contributed by atoms with Crippen LogP contribution < -0.4 is 16.0 Å². The number of fused-ring (bicyclic) bond motifs is 3. The molecule has 2 fully saturated rings. The van der Waals surface area contributed by atoms with Gasteiger partial charge >= 0.3 is 0 Å². The van der Waals surface area contributed by atoms with Crippen LogP contribution >= 0.6 is 0 Å². The Labute approximate surface area is 180 Å². The van der Waals surface area contributed by atoms with E-state index in [-0.39, 0.29) is 17.5 Å². The number of carbonyl (C=O) groups is 2. The summed E-state index contributed by atoms with van der Waals surface area (Å²) < 4.78 is 15.5. The number of hydrogen-bond acceptors (Lipinski definition) is 3. The smallest absolute Gasteiger partial charge is 0.296 e. The van der Waals surface area contributed by atoms with Crippen molar-refractivity contribution in [2.45, 2.75) is 57.9 Å². The Kier molecular flexibility index (Phi) is 4.69. The summed E-state index contributed by atoms with van der Waals surface area (Å²) in [6.07, 6.45) is 7.04. The molecule has 2 aromatic rings. The lowest BCUT2D eigenvalue weighted by Crippen LogP contribution is -2.48. The minimum atomic E-state index is -0.628. The number of rotatable bonds is 3. The Bertz CT molecular complexity index is 1150. The van der Waals surface area contributed by atoms with Gasteiger partial charge in [-0.3, -0.25) is 9.59 Å². The quantitative estimate of drug-likeness (QED) is 0.665. The van der Waals surface area contributed by atoms with Crippen LogP contribution in [0.4, 0.5) is 10.1 Å². The first-order chi connectivity index (χ1) is 14.9. The monoisotopic (exact) mass is 422 g/mol. The minimum Gasteiger partial charge on any atom is -0.367 e. The van der Waals surface area contributed by atoms with Crippen molar-refractivity contribution in [1.82, 2.24) is 10.3 Å². The van der Waals surface area contributed by atoms with Crippen LogP contribution in [0.1, 0.15) is 60.6 Å². The fraction of sp³-hybridized carbons (Fsp3) is 0.500. The number of piperidine rings is 1. The van der Waals surface area contributed by atoms with Crippen LogP contribution in [0.15, 0.2) is 6.07 Å². The number of aryl methyl sites for hydroxylation is 1. The molecule has 3 aliphatic rings. The molecular formula is C24H27FN4O2. The molecule has 31 heavy (non-hydrogen) atoms. The minimum absolute atomic E-state index is 0.100. The standard InChI is InChI=1S/C24H27FN4O2/c1-2-4-19(30)27-14-5-3-10-29(13-14)22-17(25)11-15(23(26)31)21-20(22)16-12-24(8-9-24)7-6-18(16)28-21/h11,14,28H,3,5-10,12-13H2,1H3,(H2,26,31)(H,27,30). The van der Waals surface area contributed by atoms with Gasteiger partial charge in [0.25, 0.3) is 11.8 Å². The van der Waals surface area contributed by atoms with Gasteiger partial charge in [-0.25, -0.2) is 4.39 Å². The lowest BCUT2D eigenvalue weighted by molar-refractivity contribution is -0.116. The second-order valence-electron chi connectivity index (χ2n) is 9.26. The first-order valence-electron chi connectivity index (χ1n) is 11.0. The van der Waals surface area contributed by atoms with E-state index in [2.05, 4.69) is 22.1 Å². The summed E-state index contributed by atoms with van der Waals surface area (Å²) in [6, 6.07) is 1.16. The molecule has 1 unspecified atom stereocenters. The number of hydrogen-bond donors (Lipinski definition) is 3. The first kappa shape index (κ1) is 19.9. The molecule has 1 aliphatic heterocycles. The zero-order chi connectivity index (χ0) is 21.8. The fourth-order valence-electron chi connectivity index (χ4n) is 5.44. The number of H-pyrrole nitrogens is 1. The van der Waals surface area contributed by atoms with Crippen LogP contribution in [0.5, 0.6) is 0 Å². The number of primary amides is 1. The Morgan fingerprint density at radius 3 is 2.87 bits per heavy atom. The number of halogens is 1. The second-order valence-corrected chi connectivity index (χ2v) is 9.26. The molecule has 4 N–H and O–H groups in total. The van der Waals surface area contributed by atoms with Gasteiger partial charge < -0.3 is 20.9 Å². The van der Waals surface area contributed by atoms with Crippen molar-refractivity contribution >= 4 is 28.4 Å². The highest BCUT2D eigenvalue weighted by atomic mass is 19.1. The maximum absolute atomic E-state index is 15.5. The Morgan fingerprint density at radius 1 is 1.35 bits per heavy atom. The summed E-state index contributed by atoms with van der Waals surface area (Å²) in [7, 11) is 0. The number of carbonyl (C=O) groups excluding carboxylic acids is 2. The topological polar surface area (TPSA) is 91.2 Å². The van der Waals surface area contributed by atoms with Crippen LogP contribution in [-0.4, -0.2) is 35.9 Å². The molecule has 0 radical (unpaired) electrons. The fourth-order valence-corrected chi connectivity index (χ4v) is 5.44. The van der Waals surface area contributed by atoms with E-state index < -0.39 is 11.7 Å². The lowest BCUT2D eigenvalue weighted by atomic mass is 9.83. The molecule has 2 heterocycles. The van der Waals surface area contributed by atoms with Crippen LogP contribution in [0.25, 0.3) is 10.9 Å². The molecule has 6 nitrogen and oxygen atoms in total. The van der Waals surface area contributed by atoms with Gasteiger partial charge in [0.2, 0.25) is 0 Å². The number of aromatic amines is 1. The molecule has 7 heteroatoms. The van der Waals surface area contributed by atoms with Crippen LogP contribution in [0.3, 0.4) is 0 Å². The zero-order valence-corrected chi connectivity index (χ0v) is 17.7. The average Bonchev–Trinajstić information content (AvgIpc) is 3.38. The van der Waals surface area contributed by atoms with Gasteiger partial charge in [0.05, 0.1) is 16.8 Å². The highest BCUT2D eigenvalue weighted by molar-refractivity contribution is 6.10. The van der Waals surface area contributed by atoms with Crippen LogP contribution in [-0.2, 0) is 17.6 Å². The van der Waals surface area contributed by atoms with E-state index in [9.17, 15) is 9.59 Å². The normalized spacial score (nSPS) is 21.4. The molecule has 5 rings (SSSR count). The number of nitrogens with zero attached hydrogens (tertiary/aromatic N) is 1. The predicted octanol–water partition coefficient (Wildman–Crippen LogP) is 2.78. The van der Waals surface area contributed by atoms with Gasteiger partial charge in [-0.2, -0.15) is 0 Å². The number of amides is 2. The molecular weight excluding hydrogens is 395 g/mol. The predicted molar refractivity (Wildman–Crippen MR) is 117 cm³/mol. The molecule has 162 valence electrons. The van der Waals surface area contributed by atoms with E-state index in [0.29, 0.717) is 29.7 Å². The number of anilines is 1. The number of aromatic nitrogens is 1. The van der Waals surface area contributed by atoms with E-state index in [1.165, 1.54) is 18.9 Å². The van der Waals surface area contributed by atoms with Crippen molar-refractivity contribution in [3.8, 4) is 11.8 Å². The molecule has 1 saturated heterocycles. The summed E-state index contributed by atoms with van der Waals surface area (Å²) in [5, 5.41) is 3.74. The number of nitrogens with two attached hydrogens (primary N) is 1. The van der Waals surface area contributed by atoms with Gasteiger partial charge in [0, 0.05) is 30.2 Å². The van der Waals surface area contributed by atoms with E-state index in [4.69, 9.17) is 5.73 Å². The van der Waals surface area contributed by atoms with Crippen molar-refractivity contribution in [3.05, 3.63) is 28.7 Å². The van der Waals surface area contributed by atoms with Crippen molar-refractivity contribution in [2.75, 3.05) is 18.0 Å². The van der Waals surface area contributed by atoms with Gasteiger partial charge in [-0.15, -0.1) is 0 Å². The highest BCUT2D eigenvalue weighted by Crippen LogP contribution is 2.56. The van der Waals surface area contributed by atoms with Crippen molar-refractivity contribution < 1.29 is 14.0 Å². The molecule has 1 aromatic heterocycles. The molecule has 1 aromatic carbocycles. The second kappa shape index (κ2) is 7.30. The van der Waals surface area contributed by atoms with Crippen molar-refractivity contribution in [2.24, 2.45) is 11.1 Å². The SMILES string of the molecule is CC#CC(=O)NC1CCCN(c2c(F)cc(C(N)=O)c3[nH]c4c(c23)CC2(CC4)CC2)C1. The van der Waals surface area contributed by atoms with E-state index in [1.807, 2.05) is 4.90 Å². The largest absolute Gasteiger partial charge is 0.367 e. The summed E-state index contributed by atoms with van der Waals surface area (Å²) >= 11 is 0. The highest BCUT2D eigenvalue weighted by Gasteiger charge is 2.46. The third kappa shape index (κ3) is 3.44. The number of nitrogens with one attached hydrogen (secondary N) is 2. The van der Waals surface area contributed by atoms with E-state index >= 15 is 4.39 Å². The summed E-state index contributed by atoms with van der Waals surface area (Å²) in [6.45, 7) is 2.82. The molecule has 1 spiro atoms. The van der Waals surface area contributed by atoms with Crippen LogP contribution in [0, 0.1) is 23.1 Å². The number of benzene rings is 1. The molecule has 0 bridgehead atoms. The Hall–Kier alpha value is -3.01. The van der Waals surface area contributed by atoms with Crippen LogP contribution in [0.2, 0.25) is 0 Å². The lowest BCUT2D eigenvalue weighted by Gasteiger charge is -2.35. The Morgan fingerprint density at radius 2 is 2.16 bits per heavy atom. The van der Waals surface area contributed by atoms with Crippen molar-refractivity contribution in [1.29, 1.82) is 0 Å². The average molecular weight is 423 g/mol. The maximum Gasteiger partial charge on any atom is 0.296 e. The van der Waals surface area contributed by atoms with Gasteiger partial charge in [-0.1, -0.05) is 5.92 Å². The summed E-state index contributed by atoms with van der Waals surface area (Å²) in [5.41, 5.74) is 9.56. The molecule has 2 aliphatic carbocycles. The molecule has 1 saturated carbocycles. The molecule has 1 atom stereocenters. The van der Waals surface area contributed by atoms with Gasteiger partial charge in [0.1, 0.15) is 5.82 Å². The van der Waals surface area contributed by atoms with Crippen molar-refractivity contribution in [3.63, 3.8) is 0 Å². The van der Waals surface area contributed by atoms with Gasteiger partial charge in [-0.05, 0) is 74.8 Å². The third-order valence-corrected chi connectivity index (χ3v) is 7.19. The Balaban J connectivity index is 1.59. The summed E-state index contributed by atoms with van der Waals surface area (Å²) in [5.74, 6) is 3.76. The third-order valence-electron chi connectivity index (χ3n) is 7.19. The van der Waals surface area contributed by atoms with E-state index in [1.54, 1.807) is 6.92 Å². The van der Waals surface area contributed by atoms with E-state index in [0.717, 1.165) is 48.7 Å². The molecule has 2 amide bonds. The maximum atomic E-state index is 15.5. The first-order valence-corrected chi connectivity index (χ1v) is 11.0. The zero-order valence-electron chi connectivity index (χ0n) is 17.7. The summed E-state index contributed by atoms with van der Waals surface area (Å²) in [4.78, 5) is 29.5. The van der Waals surface area contributed by atoms with Gasteiger partial charge in [0.15, 0.2) is 0 Å².